The zero-order valence-corrected chi connectivity index (χ0v) is 11.2. The first-order chi connectivity index (χ1) is 8.34. The van der Waals surface area contributed by atoms with Gasteiger partial charge in [-0.1, -0.05) is 17.7 Å². The third-order valence-corrected chi connectivity index (χ3v) is 3.91. The van der Waals surface area contributed by atoms with Crippen molar-refractivity contribution in [2.45, 2.75) is 18.7 Å². The summed E-state index contributed by atoms with van der Waals surface area (Å²) in [4.78, 5) is -0.115. The molecule has 2 aromatic rings. The summed E-state index contributed by atoms with van der Waals surface area (Å²) >= 11 is 0. The van der Waals surface area contributed by atoms with Gasteiger partial charge in [0.1, 0.15) is 10.6 Å². The molecule has 2 rings (SSSR count). The van der Waals surface area contributed by atoms with Crippen molar-refractivity contribution in [2.24, 2.45) is 0 Å². The maximum atomic E-state index is 11.3. The van der Waals surface area contributed by atoms with Crippen LogP contribution in [0.25, 0.3) is 10.8 Å². The van der Waals surface area contributed by atoms with Crippen molar-refractivity contribution in [3.05, 3.63) is 35.4 Å². The predicted molar refractivity (Wildman–Crippen MR) is 69.8 cm³/mol. The van der Waals surface area contributed by atoms with Crippen LogP contribution >= 0.6 is 0 Å². The Balaban J connectivity index is 2.96. The minimum Gasteiger partial charge on any atom is -0.496 e. The molecule has 0 spiro atoms. The first-order valence-electron chi connectivity index (χ1n) is 5.40. The van der Waals surface area contributed by atoms with E-state index in [-0.39, 0.29) is 4.90 Å². The van der Waals surface area contributed by atoms with Crippen LogP contribution in [0.15, 0.2) is 29.2 Å². The van der Waals surface area contributed by atoms with Crippen molar-refractivity contribution >= 4 is 20.9 Å². The second-order valence-corrected chi connectivity index (χ2v) is 5.62. The Morgan fingerprint density at radius 1 is 1.17 bits per heavy atom. The summed E-state index contributed by atoms with van der Waals surface area (Å²) in [5.41, 5.74) is 1.47. The molecule has 0 amide bonds. The van der Waals surface area contributed by atoms with Gasteiger partial charge in [-0.3, -0.25) is 4.55 Å². The standard InChI is InChI=1S/C13H14O4S/c1-8-4-5-10-7-12(18(14,15)16)9(2)13(17-3)11(10)6-8/h4-7H,1-3H3,(H,14,15,16). The van der Waals surface area contributed by atoms with E-state index < -0.39 is 10.1 Å². The largest absolute Gasteiger partial charge is 0.496 e. The van der Waals surface area contributed by atoms with Crippen molar-refractivity contribution in [3.8, 4) is 5.75 Å². The molecule has 0 unspecified atom stereocenters. The molecule has 0 atom stereocenters. The molecule has 0 radical (unpaired) electrons. The minimum absolute atomic E-state index is 0.115. The predicted octanol–water partition coefficient (Wildman–Crippen LogP) is 2.71. The third-order valence-electron chi connectivity index (χ3n) is 2.93. The average Bonchev–Trinajstić information content (AvgIpc) is 2.26. The molecule has 0 fully saturated rings. The van der Waals surface area contributed by atoms with Crippen LogP contribution in [0.3, 0.4) is 0 Å². The Labute approximate surface area is 106 Å². The van der Waals surface area contributed by atoms with E-state index in [1.54, 1.807) is 13.0 Å². The highest BCUT2D eigenvalue weighted by Gasteiger charge is 2.19. The quantitative estimate of drug-likeness (QED) is 0.849. The van der Waals surface area contributed by atoms with E-state index in [4.69, 9.17) is 4.74 Å². The molecule has 0 heterocycles. The normalized spacial score (nSPS) is 11.8. The van der Waals surface area contributed by atoms with Crippen molar-refractivity contribution in [1.82, 2.24) is 0 Å². The highest BCUT2D eigenvalue weighted by Crippen LogP contribution is 2.34. The second kappa shape index (κ2) is 4.26. The van der Waals surface area contributed by atoms with Gasteiger partial charge >= 0.3 is 0 Å². The first-order valence-corrected chi connectivity index (χ1v) is 6.84. The van der Waals surface area contributed by atoms with Gasteiger partial charge in [0, 0.05) is 10.9 Å². The second-order valence-electron chi connectivity index (χ2n) is 4.23. The number of ether oxygens (including phenoxy) is 1. The lowest BCUT2D eigenvalue weighted by Gasteiger charge is -2.13. The average molecular weight is 266 g/mol. The molecule has 2 aromatic carbocycles. The van der Waals surface area contributed by atoms with Gasteiger partial charge < -0.3 is 4.74 Å². The van der Waals surface area contributed by atoms with E-state index in [9.17, 15) is 13.0 Å². The zero-order valence-electron chi connectivity index (χ0n) is 10.4. The lowest BCUT2D eigenvalue weighted by molar-refractivity contribution is 0.414. The topological polar surface area (TPSA) is 63.6 Å². The Kier molecular flexibility index (Phi) is 3.04. The fourth-order valence-electron chi connectivity index (χ4n) is 2.09. The van der Waals surface area contributed by atoms with Gasteiger partial charge in [-0.15, -0.1) is 0 Å². The van der Waals surface area contributed by atoms with Crippen LogP contribution in [0.1, 0.15) is 11.1 Å². The van der Waals surface area contributed by atoms with E-state index in [0.717, 1.165) is 16.3 Å². The maximum Gasteiger partial charge on any atom is 0.294 e. The molecule has 0 saturated heterocycles. The Morgan fingerprint density at radius 3 is 2.39 bits per heavy atom. The Morgan fingerprint density at radius 2 is 1.83 bits per heavy atom. The zero-order chi connectivity index (χ0) is 13.5. The van der Waals surface area contributed by atoms with E-state index in [0.29, 0.717) is 11.3 Å². The third kappa shape index (κ3) is 2.07. The van der Waals surface area contributed by atoms with Crippen LogP contribution in [0.5, 0.6) is 5.75 Å². The maximum absolute atomic E-state index is 11.3. The summed E-state index contributed by atoms with van der Waals surface area (Å²) in [6, 6.07) is 7.07. The van der Waals surface area contributed by atoms with Gasteiger partial charge in [0.05, 0.1) is 7.11 Å². The van der Waals surface area contributed by atoms with Crippen LogP contribution < -0.4 is 4.74 Å². The molecule has 1 N–H and O–H groups in total. The molecule has 0 bridgehead atoms. The Bertz CT molecular complexity index is 717. The summed E-state index contributed by atoms with van der Waals surface area (Å²) < 4.78 is 37.2. The molecular weight excluding hydrogens is 252 g/mol. The number of fused-ring (bicyclic) bond motifs is 1. The summed E-state index contributed by atoms with van der Waals surface area (Å²) in [6.07, 6.45) is 0. The number of benzene rings is 2. The molecule has 0 saturated carbocycles. The lowest BCUT2D eigenvalue weighted by Crippen LogP contribution is -2.03. The van der Waals surface area contributed by atoms with E-state index in [2.05, 4.69) is 0 Å². The molecule has 4 nitrogen and oxygen atoms in total. The number of rotatable bonds is 2. The van der Waals surface area contributed by atoms with Gasteiger partial charge in [0.15, 0.2) is 0 Å². The highest BCUT2D eigenvalue weighted by atomic mass is 32.2. The van der Waals surface area contributed by atoms with Gasteiger partial charge in [0.25, 0.3) is 10.1 Å². The molecule has 0 aliphatic heterocycles. The SMILES string of the molecule is COc1c(C)c(S(=O)(=O)O)cc2ccc(C)cc12. The fraction of sp³-hybridized carbons (Fsp3) is 0.231. The molecule has 0 aliphatic rings. The van der Waals surface area contributed by atoms with Crippen molar-refractivity contribution in [2.75, 3.05) is 7.11 Å². The molecule has 5 heteroatoms. The number of methoxy groups -OCH3 is 1. The summed E-state index contributed by atoms with van der Waals surface area (Å²) in [6.45, 7) is 3.56. The van der Waals surface area contributed by atoms with E-state index in [1.807, 2.05) is 19.1 Å². The monoisotopic (exact) mass is 266 g/mol. The molecular formula is C13H14O4S. The number of aryl methyl sites for hydroxylation is 1. The first kappa shape index (κ1) is 12.9. The van der Waals surface area contributed by atoms with Crippen LogP contribution in [-0.4, -0.2) is 20.1 Å². The fourth-order valence-corrected chi connectivity index (χ4v) is 2.84. The van der Waals surface area contributed by atoms with Crippen molar-refractivity contribution in [3.63, 3.8) is 0 Å². The van der Waals surface area contributed by atoms with Gasteiger partial charge in [-0.2, -0.15) is 8.42 Å². The number of hydrogen-bond acceptors (Lipinski definition) is 3. The van der Waals surface area contributed by atoms with Crippen molar-refractivity contribution in [1.29, 1.82) is 0 Å². The Hall–Kier alpha value is -1.59. The molecule has 0 aromatic heterocycles. The van der Waals surface area contributed by atoms with E-state index in [1.165, 1.54) is 13.2 Å². The van der Waals surface area contributed by atoms with Gasteiger partial charge in [-0.25, -0.2) is 0 Å². The van der Waals surface area contributed by atoms with Gasteiger partial charge in [-0.05, 0) is 31.4 Å². The molecule has 96 valence electrons. The highest BCUT2D eigenvalue weighted by molar-refractivity contribution is 7.85. The van der Waals surface area contributed by atoms with Crippen LogP contribution in [-0.2, 0) is 10.1 Å². The van der Waals surface area contributed by atoms with E-state index >= 15 is 0 Å². The minimum atomic E-state index is -4.25. The molecule has 18 heavy (non-hydrogen) atoms. The van der Waals surface area contributed by atoms with Crippen molar-refractivity contribution < 1.29 is 17.7 Å². The lowest BCUT2D eigenvalue weighted by atomic mass is 10.0. The smallest absolute Gasteiger partial charge is 0.294 e. The summed E-state index contributed by atoms with van der Waals surface area (Å²) in [5, 5.41) is 1.55. The number of hydrogen-bond donors (Lipinski definition) is 1. The van der Waals surface area contributed by atoms with Crippen LogP contribution in [0.4, 0.5) is 0 Å². The van der Waals surface area contributed by atoms with Gasteiger partial charge in [0.2, 0.25) is 0 Å². The van der Waals surface area contributed by atoms with Crippen LogP contribution in [0, 0.1) is 13.8 Å². The summed E-state index contributed by atoms with van der Waals surface area (Å²) in [5.74, 6) is 0.476. The summed E-state index contributed by atoms with van der Waals surface area (Å²) in [7, 11) is -2.76. The molecule has 0 aliphatic carbocycles. The van der Waals surface area contributed by atoms with Crippen LogP contribution in [0.2, 0.25) is 0 Å².